The zero-order valence-electron chi connectivity index (χ0n) is 12.6. The van der Waals surface area contributed by atoms with Crippen LogP contribution in [0.5, 0.6) is 11.8 Å². The Hall–Kier alpha value is -2.12. The third kappa shape index (κ3) is 5.41. The summed E-state index contributed by atoms with van der Waals surface area (Å²) in [5.41, 5.74) is 2.29. The molecule has 21 heavy (non-hydrogen) atoms. The van der Waals surface area contributed by atoms with E-state index >= 15 is 0 Å². The highest BCUT2D eigenvalue weighted by molar-refractivity contribution is 6.59. The van der Waals surface area contributed by atoms with Crippen LogP contribution in [0.3, 0.4) is 0 Å². The van der Waals surface area contributed by atoms with Crippen molar-refractivity contribution in [1.82, 2.24) is 9.97 Å². The predicted molar refractivity (Wildman–Crippen MR) is 80.9 cm³/mol. The Labute approximate surface area is 124 Å². The van der Waals surface area contributed by atoms with E-state index in [2.05, 4.69) is 9.97 Å². The highest BCUT2D eigenvalue weighted by Gasteiger charge is 2.14. The van der Waals surface area contributed by atoms with Crippen LogP contribution in [0.25, 0.3) is 0 Å². The second-order valence-corrected chi connectivity index (χ2v) is 4.33. The van der Waals surface area contributed by atoms with E-state index in [1.54, 1.807) is 20.2 Å². The normalized spacial score (nSPS) is 9.43. The lowest BCUT2D eigenvalue weighted by Gasteiger charge is -2.05. The van der Waals surface area contributed by atoms with E-state index in [4.69, 9.17) is 19.5 Å². The first kappa shape index (κ1) is 16.9. The molecular formula is C14H19BN2O4. The maximum atomic E-state index is 8.90. The van der Waals surface area contributed by atoms with Crippen molar-refractivity contribution in [3.05, 3.63) is 41.7 Å². The topological polar surface area (TPSA) is 84.7 Å². The van der Waals surface area contributed by atoms with Crippen LogP contribution in [0.15, 0.2) is 30.6 Å². The van der Waals surface area contributed by atoms with Gasteiger partial charge in [0, 0.05) is 24.5 Å². The van der Waals surface area contributed by atoms with Crippen molar-refractivity contribution >= 4 is 12.6 Å². The number of methoxy groups -OCH3 is 2. The molecule has 0 fully saturated rings. The largest absolute Gasteiger partial charge is 0.488 e. The second kappa shape index (κ2) is 8.23. The summed E-state index contributed by atoms with van der Waals surface area (Å²) >= 11 is 0. The minimum Gasteiger partial charge on any atom is -0.481 e. The summed E-state index contributed by atoms with van der Waals surface area (Å²) in [6, 6.07) is 5.31. The molecule has 0 saturated carbocycles. The van der Waals surface area contributed by atoms with Crippen molar-refractivity contribution in [1.29, 1.82) is 0 Å². The number of ether oxygens (including phenoxy) is 2. The van der Waals surface area contributed by atoms with Crippen LogP contribution in [-0.4, -0.2) is 41.4 Å². The van der Waals surface area contributed by atoms with Crippen molar-refractivity contribution in [3.8, 4) is 11.8 Å². The minimum atomic E-state index is -1.47. The number of aryl methyl sites for hydroxylation is 2. The minimum absolute atomic E-state index is 0.378. The van der Waals surface area contributed by atoms with Gasteiger partial charge in [0.05, 0.1) is 14.2 Å². The Morgan fingerprint density at radius 1 is 0.952 bits per heavy atom. The van der Waals surface area contributed by atoms with E-state index in [0.29, 0.717) is 17.2 Å². The SMILES string of the molecule is COc1cc(B(O)O)c(C)cn1.COc1ccc(C)cn1. The molecule has 0 aliphatic heterocycles. The quantitative estimate of drug-likeness (QED) is 0.800. The number of rotatable bonds is 3. The molecule has 2 rings (SSSR count). The van der Waals surface area contributed by atoms with Gasteiger partial charge >= 0.3 is 7.12 Å². The molecule has 6 nitrogen and oxygen atoms in total. The summed E-state index contributed by atoms with van der Waals surface area (Å²) in [5, 5.41) is 17.8. The molecule has 0 atom stereocenters. The van der Waals surface area contributed by atoms with Gasteiger partial charge in [-0.2, -0.15) is 0 Å². The molecular weight excluding hydrogens is 271 g/mol. The zero-order chi connectivity index (χ0) is 15.8. The van der Waals surface area contributed by atoms with Gasteiger partial charge in [0.1, 0.15) is 0 Å². The van der Waals surface area contributed by atoms with E-state index < -0.39 is 7.12 Å². The zero-order valence-corrected chi connectivity index (χ0v) is 12.6. The Bertz CT molecular complexity index is 561. The van der Waals surface area contributed by atoms with Gasteiger partial charge in [-0.25, -0.2) is 9.97 Å². The standard InChI is InChI=1S/C7H10BNO3.C7H9NO/c1-5-4-9-7(12-2)3-6(5)8(10)11;1-6-3-4-7(9-2)8-5-6/h3-4,10-11H,1-2H3;3-5H,1-2H3. The maximum absolute atomic E-state index is 8.90. The molecule has 0 aliphatic carbocycles. The van der Waals surface area contributed by atoms with Crippen LogP contribution < -0.4 is 14.9 Å². The first-order valence-electron chi connectivity index (χ1n) is 6.31. The third-order valence-electron chi connectivity index (χ3n) is 2.70. The van der Waals surface area contributed by atoms with E-state index in [0.717, 1.165) is 11.1 Å². The number of pyridine rings is 2. The smallest absolute Gasteiger partial charge is 0.481 e. The number of nitrogens with zero attached hydrogens (tertiary/aromatic N) is 2. The number of aromatic nitrogens is 2. The summed E-state index contributed by atoms with van der Waals surface area (Å²) in [4.78, 5) is 7.87. The molecule has 0 spiro atoms. The van der Waals surface area contributed by atoms with Crippen LogP contribution in [0, 0.1) is 13.8 Å². The van der Waals surface area contributed by atoms with E-state index in [-0.39, 0.29) is 0 Å². The lowest BCUT2D eigenvalue weighted by atomic mass is 9.78. The van der Waals surface area contributed by atoms with Crippen molar-refractivity contribution in [2.75, 3.05) is 14.2 Å². The van der Waals surface area contributed by atoms with Gasteiger partial charge in [0.15, 0.2) is 0 Å². The van der Waals surface area contributed by atoms with E-state index in [1.165, 1.54) is 19.4 Å². The second-order valence-electron chi connectivity index (χ2n) is 4.33. The molecule has 0 aliphatic rings. The summed E-state index contributed by atoms with van der Waals surface area (Å²) in [7, 11) is 1.62. The molecule has 2 aromatic rings. The molecule has 0 bridgehead atoms. The Balaban J connectivity index is 0.000000219. The van der Waals surface area contributed by atoms with E-state index in [9.17, 15) is 0 Å². The summed E-state index contributed by atoms with van der Waals surface area (Å²) in [6.45, 7) is 3.74. The van der Waals surface area contributed by atoms with Crippen LogP contribution in [0.4, 0.5) is 0 Å². The summed E-state index contributed by atoms with van der Waals surface area (Å²) < 4.78 is 9.68. The first-order chi connectivity index (χ1) is 9.97. The van der Waals surface area contributed by atoms with Gasteiger partial charge < -0.3 is 19.5 Å². The van der Waals surface area contributed by atoms with Gasteiger partial charge in [-0.05, 0) is 30.4 Å². The van der Waals surface area contributed by atoms with Gasteiger partial charge in [0.2, 0.25) is 11.8 Å². The average molecular weight is 290 g/mol. The van der Waals surface area contributed by atoms with Crippen LogP contribution in [-0.2, 0) is 0 Å². The van der Waals surface area contributed by atoms with Crippen LogP contribution >= 0.6 is 0 Å². The van der Waals surface area contributed by atoms with Gasteiger partial charge in [-0.15, -0.1) is 0 Å². The monoisotopic (exact) mass is 290 g/mol. The lowest BCUT2D eigenvalue weighted by molar-refractivity contribution is 0.396. The van der Waals surface area contributed by atoms with Crippen molar-refractivity contribution in [2.24, 2.45) is 0 Å². The number of hydrogen-bond donors (Lipinski definition) is 2. The molecule has 0 saturated heterocycles. The summed E-state index contributed by atoms with van der Waals surface area (Å²) in [6.07, 6.45) is 3.31. The van der Waals surface area contributed by atoms with Crippen LogP contribution in [0.2, 0.25) is 0 Å². The Kier molecular flexibility index (Phi) is 6.64. The molecule has 0 unspecified atom stereocenters. The van der Waals surface area contributed by atoms with Crippen LogP contribution in [0.1, 0.15) is 11.1 Å². The fraction of sp³-hybridized carbons (Fsp3) is 0.286. The first-order valence-corrected chi connectivity index (χ1v) is 6.31. The molecule has 0 amide bonds. The molecule has 112 valence electrons. The average Bonchev–Trinajstić information content (AvgIpc) is 2.49. The maximum Gasteiger partial charge on any atom is 0.488 e. The molecule has 2 aromatic heterocycles. The van der Waals surface area contributed by atoms with Gasteiger partial charge in [-0.1, -0.05) is 6.07 Å². The Morgan fingerprint density at radius 3 is 2.05 bits per heavy atom. The third-order valence-corrected chi connectivity index (χ3v) is 2.70. The fourth-order valence-corrected chi connectivity index (χ4v) is 1.48. The lowest BCUT2D eigenvalue weighted by Crippen LogP contribution is -2.32. The highest BCUT2D eigenvalue weighted by Crippen LogP contribution is 2.04. The number of hydrogen-bond acceptors (Lipinski definition) is 6. The summed E-state index contributed by atoms with van der Waals surface area (Å²) in [5.74, 6) is 1.05. The molecule has 0 aromatic carbocycles. The molecule has 0 radical (unpaired) electrons. The predicted octanol–water partition coefficient (Wildman–Crippen LogP) is 0.477. The molecule has 2 heterocycles. The van der Waals surface area contributed by atoms with Gasteiger partial charge in [0.25, 0.3) is 0 Å². The van der Waals surface area contributed by atoms with E-state index in [1.807, 2.05) is 19.1 Å². The van der Waals surface area contributed by atoms with Crippen molar-refractivity contribution in [2.45, 2.75) is 13.8 Å². The van der Waals surface area contributed by atoms with Crippen molar-refractivity contribution in [3.63, 3.8) is 0 Å². The Morgan fingerprint density at radius 2 is 1.57 bits per heavy atom. The van der Waals surface area contributed by atoms with Crippen molar-refractivity contribution < 1.29 is 19.5 Å². The highest BCUT2D eigenvalue weighted by atomic mass is 16.5. The van der Waals surface area contributed by atoms with Gasteiger partial charge in [-0.3, -0.25) is 0 Å². The molecule has 7 heteroatoms. The fourth-order valence-electron chi connectivity index (χ4n) is 1.48. The molecule has 2 N–H and O–H groups in total.